The van der Waals surface area contributed by atoms with Crippen molar-refractivity contribution in [1.82, 2.24) is 20.2 Å². The van der Waals surface area contributed by atoms with Crippen molar-refractivity contribution in [2.24, 2.45) is 0 Å². The SMILES string of the molecule is COCC(Cc1ccccc1)N(C)c1ncnc2[nH]ncc12. The highest BCUT2D eigenvalue weighted by Gasteiger charge is 2.19. The molecule has 2 heterocycles. The largest absolute Gasteiger partial charge is 0.383 e. The molecule has 1 aromatic carbocycles. The topological polar surface area (TPSA) is 66.9 Å². The number of fused-ring (bicyclic) bond motifs is 1. The number of methoxy groups -OCH3 is 1. The highest BCUT2D eigenvalue weighted by Crippen LogP contribution is 2.23. The molecule has 0 radical (unpaired) electrons. The molecule has 0 saturated carbocycles. The molecule has 114 valence electrons. The number of benzene rings is 1. The van der Waals surface area contributed by atoms with E-state index < -0.39 is 0 Å². The van der Waals surface area contributed by atoms with E-state index in [0.717, 1.165) is 23.3 Å². The average Bonchev–Trinajstić information content (AvgIpc) is 3.03. The van der Waals surface area contributed by atoms with Crippen LogP contribution in [0.25, 0.3) is 11.0 Å². The molecule has 1 N–H and O–H groups in total. The smallest absolute Gasteiger partial charge is 0.160 e. The van der Waals surface area contributed by atoms with Gasteiger partial charge in [0.25, 0.3) is 0 Å². The lowest BCUT2D eigenvalue weighted by Gasteiger charge is -2.29. The molecule has 3 rings (SSSR count). The van der Waals surface area contributed by atoms with Gasteiger partial charge in [0.15, 0.2) is 5.65 Å². The van der Waals surface area contributed by atoms with E-state index in [1.165, 1.54) is 5.56 Å². The first-order chi connectivity index (χ1) is 10.8. The molecule has 1 atom stereocenters. The van der Waals surface area contributed by atoms with E-state index in [-0.39, 0.29) is 6.04 Å². The summed E-state index contributed by atoms with van der Waals surface area (Å²) in [6, 6.07) is 10.6. The zero-order valence-electron chi connectivity index (χ0n) is 12.7. The van der Waals surface area contributed by atoms with Crippen LogP contribution in [0.3, 0.4) is 0 Å². The number of ether oxygens (including phenoxy) is 1. The molecule has 22 heavy (non-hydrogen) atoms. The number of rotatable bonds is 6. The molecule has 2 aromatic heterocycles. The van der Waals surface area contributed by atoms with E-state index in [4.69, 9.17) is 4.74 Å². The Morgan fingerprint density at radius 3 is 2.82 bits per heavy atom. The molecule has 6 nitrogen and oxygen atoms in total. The molecule has 0 aliphatic rings. The van der Waals surface area contributed by atoms with Gasteiger partial charge in [0.05, 0.1) is 24.2 Å². The van der Waals surface area contributed by atoms with Crippen LogP contribution in [0.15, 0.2) is 42.9 Å². The van der Waals surface area contributed by atoms with Gasteiger partial charge in [-0.05, 0) is 12.0 Å². The molecule has 0 saturated heterocycles. The molecule has 3 aromatic rings. The molecule has 0 spiro atoms. The van der Waals surface area contributed by atoms with Gasteiger partial charge in [-0.1, -0.05) is 30.3 Å². The van der Waals surface area contributed by atoms with Gasteiger partial charge in [-0.3, -0.25) is 5.10 Å². The standard InChI is InChI=1S/C16H19N5O/c1-21(16-14-9-19-20-15(14)17-11-18-16)13(10-22-2)8-12-6-4-3-5-7-12/h3-7,9,11,13H,8,10H2,1-2H3,(H,17,18,19,20). The van der Waals surface area contributed by atoms with E-state index in [0.29, 0.717) is 6.61 Å². The van der Waals surface area contributed by atoms with Gasteiger partial charge < -0.3 is 9.64 Å². The van der Waals surface area contributed by atoms with E-state index in [1.807, 2.05) is 13.1 Å². The van der Waals surface area contributed by atoms with Crippen LogP contribution >= 0.6 is 0 Å². The minimum absolute atomic E-state index is 0.181. The number of H-pyrrole nitrogens is 1. The Morgan fingerprint density at radius 1 is 1.23 bits per heavy atom. The maximum Gasteiger partial charge on any atom is 0.160 e. The van der Waals surface area contributed by atoms with Crippen LogP contribution in [0, 0.1) is 0 Å². The Bertz CT molecular complexity index is 727. The number of aromatic nitrogens is 4. The summed E-state index contributed by atoms with van der Waals surface area (Å²) in [5.74, 6) is 0.858. The minimum atomic E-state index is 0.181. The van der Waals surface area contributed by atoms with Crippen LogP contribution in [0.5, 0.6) is 0 Å². The third-order valence-electron chi connectivity index (χ3n) is 3.78. The molecular formula is C16H19N5O. The van der Waals surface area contributed by atoms with Crippen molar-refractivity contribution in [2.75, 3.05) is 25.7 Å². The van der Waals surface area contributed by atoms with Crippen molar-refractivity contribution in [1.29, 1.82) is 0 Å². The predicted molar refractivity (Wildman–Crippen MR) is 85.9 cm³/mol. The molecule has 6 heteroatoms. The second kappa shape index (κ2) is 6.53. The lowest BCUT2D eigenvalue weighted by Crippen LogP contribution is -2.38. The number of likely N-dealkylation sites (N-methyl/N-ethyl adjacent to an activating group) is 1. The van der Waals surface area contributed by atoms with E-state index in [2.05, 4.69) is 49.3 Å². The van der Waals surface area contributed by atoms with E-state index in [1.54, 1.807) is 19.6 Å². The Balaban J connectivity index is 1.89. The van der Waals surface area contributed by atoms with Crippen molar-refractivity contribution in [3.05, 3.63) is 48.4 Å². The predicted octanol–water partition coefficient (Wildman–Crippen LogP) is 2.05. The van der Waals surface area contributed by atoms with Gasteiger partial charge in [0.2, 0.25) is 0 Å². The summed E-state index contributed by atoms with van der Waals surface area (Å²) in [7, 11) is 3.75. The first-order valence-electron chi connectivity index (χ1n) is 7.19. The molecule has 0 aliphatic carbocycles. The summed E-state index contributed by atoms with van der Waals surface area (Å²) in [5, 5.41) is 7.84. The van der Waals surface area contributed by atoms with Crippen LogP contribution in [0.2, 0.25) is 0 Å². The van der Waals surface area contributed by atoms with Crippen molar-refractivity contribution >= 4 is 16.9 Å². The van der Waals surface area contributed by atoms with Gasteiger partial charge in [0.1, 0.15) is 12.1 Å². The summed E-state index contributed by atoms with van der Waals surface area (Å²) in [6.45, 7) is 0.620. The molecule has 0 fully saturated rings. The fourth-order valence-electron chi connectivity index (χ4n) is 2.59. The lowest BCUT2D eigenvalue weighted by molar-refractivity contribution is 0.178. The summed E-state index contributed by atoms with van der Waals surface area (Å²) in [5.41, 5.74) is 2.02. The van der Waals surface area contributed by atoms with Crippen LogP contribution < -0.4 is 4.90 Å². The monoisotopic (exact) mass is 297 g/mol. The normalized spacial score (nSPS) is 12.5. The maximum absolute atomic E-state index is 5.40. The third kappa shape index (κ3) is 2.92. The van der Waals surface area contributed by atoms with Gasteiger partial charge in [-0.25, -0.2) is 9.97 Å². The average molecular weight is 297 g/mol. The molecule has 1 unspecified atom stereocenters. The number of aromatic amines is 1. The Labute approximate surface area is 129 Å². The van der Waals surface area contributed by atoms with Crippen LogP contribution in [-0.4, -0.2) is 47.0 Å². The van der Waals surface area contributed by atoms with Crippen LogP contribution in [0.1, 0.15) is 5.56 Å². The van der Waals surface area contributed by atoms with Crippen LogP contribution in [-0.2, 0) is 11.2 Å². The van der Waals surface area contributed by atoms with Crippen molar-refractivity contribution in [3.63, 3.8) is 0 Å². The van der Waals surface area contributed by atoms with Crippen LogP contribution in [0.4, 0.5) is 5.82 Å². The third-order valence-corrected chi connectivity index (χ3v) is 3.78. The maximum atomic E-state index is 5.40. The number of hydrogen-bond acceptors (Lipinski definition) is 5. The molecule has 0 amide bonds. The second-order valence-electron chi connectivity index (χ2n) is 5.24. The zero-order valence-corrected chi connectivity index (χ0v) is 12.7. The summed E-state index contributed by atoms with van der Waals surface area (Å²) < 4.78 is 5.40. The Kier molecular flexibility index (Phi) is 4.29. The summed E-state index contributed by atoms with van der Waals surface area (Å²) in [6.07, 6.45) is 4.20. The van der Waals surface area contributed by atoms with E-state index in [9.17, 15) is 0 Å². The molecule has 0 aliphatic heterocycles. The van der Waals surface area contributed by atoms with Crippen molar-refractivity contribution < 1.29 is 4.74 Å². The Morgan fingerprint density at radius 2 is 2.05 bits per heavy atom. The highest BCUT2D eigenvalue weighted by atomic mass is 16.5. The quantitative estimate of drug-likeness (QED) is 0.754. The number of anilines is 1. The summed E-state index contributed by atoms with van der Waals surface area (Å²) >= 11 is 0. The zero-order chi connectivity index (χ0) is 15.4. The van der Waals surface area contributed by atoms with Crippen molar-refractivity contribution in [3.8, 4) is 0 Å². The van der Waals surface area contributed by atoms with Gasteiger partial charge in [-0.15, -0.1) is 0 Å². The molecular weight excluding hydrogens is 278 g/mol. The number of hydrogen-bond donors (Lipinski definition) is 1. The molecule has 0 bridgehead atoms. The number of nitrogens with one attached hydrogen (secondary N) is 1. The first-order valence-corrected chi connectivity index (χ1v) is 7.19. The van der Waals surface area contributed by atoms with E-state index >= 15 is 0 Å². The first kappa shape index (κ1) is 14.5. The summed E-state index contributed by atoms with van der Waals surface area (Å²) in [4.78, 5) is 10.7. The minimum Gasteiger partial charge on any atom is -0.383 e. The lowest BCUT2D eigenvalue weighted by atomic mass is 10.1. The number of nitrogens with zero attached hydrogens (tertiary/aromatic N) is 4. The van der Waals surface area contributed by atoms with Crippen molar-refractivity contribution in [2.45, 2.75) is 12.5 Å². The van der Waals surface area contributed by atoms with Gasteiger partial charge >= 0.3 is 0 Å². The fraction of sp³-hybridized carbons (Fsp3) is 0.312. The van der Waals surface area contributed by atoms with Gasteiger partial charge in [-0.2, -0.15) is 5.10 Å². The van der Waals surface area contributed by atoms with Gasteiger partial charge in [0, 0.05) is 14.2 Å². The Hall–Kier alpha value is -2.47. The fourth-order valence-corrected chi connectivity index (χ4v) is 2.59. The highest BCUT2D eigenvalue weighted by molar-refractivity contribution is 5.86. The second-order valence-corrected chi connectivity index (χ2v) is 5.24.